The molecule has 0 bridgehead atoms. The van der Waals surface area contributed by atoms with Gasteiger partial charge in [-0.25, -0.2) is 4.39 Å². The summed E-state index contributed by atoms with van der Waals surface area (Å²) in [5, 5.41) is 0. The van der Waals surface area contributed by atoms with Crippen molar-refractivity contribution in [3.05, 3.63) is 30.1 Å². The maximum absolute atomic E-state index is 12.7. The number of thioether (sulfide) groups is 1. The highest BCUT2D eigenvalue weighted by Crippen LogP contribution is 2.19. The Morgan fingerprint density at radius 3 is 2.50 bits per heavy atom. The summed E-state index contributed by atoms with van der Waals surface area (Å²) in [5.41, 5.74) is 5.98. The minimum atomic E-state index is -0.193. The highest BCUT2D eigenvalue weighted by molar-refractivity contribution is 7.99. The van der Waals surface area contributed by atoms with Crippen LogP contribution in [0.25, 0.3) is 0 Å². The largest absolute Gasteiger partial charge is 0.327 e. The van der Waals surface area contributed by atoms with Crippen molar-refractivity contribution in [3.8, 4) is 0 Å². The summed E-state index contributed by atoms with van der Waals surface area (Å²) in [7, 11) is 4.08. The molecule has 0 aliphatic rings. The average Bonchev–Trinajstić information content (AvgIpc) is 2.25. The minimum absolute atomic E-state index is 0.192. The lowest BCUT2D eigenvalue weighted by molar-refractivity contribution is 0.387. The fraction of sp³-hybridized carbons (Fsp3) is 0.500. The number of halogens is 1. The van der Waals surface area contributed by atoms with Crippen LogP contribution >= 0.6 is 11.8 Å². The molecule has 1 aromatic carbocycles. The van der Waals surface area contributed by atoms with Gasteiger partial charge in [0.2, 0.25) is 0 Å². The third-order valence-electron chi connectivity index (χ3n) is 2.22. The first-order valence-corrected chi connectivity index (χ1v) is 6.35. The van der Waals surface area contributed by atoms with Crippen molar-refractivity contribution in [1.82, 2.24) is 4.90 Å². The molecule has 0 aromatic heterocycles. The van der Waals surface area contributed by atoms with Crippen LogP contribution in [0.15, 0.2) is 29.2 Å². The Balaban J connectivity index is 2.26. The van der Waals surface area contributed by atoms with Crippen molar-refractivity contribution in [2.24, 2.45) is 5.73 Å². The van der Waals surface area contributed by atoms with Crippen LogP contribution in [0.2, 0.25) is 0 Å². The predicted molar refractivity (Wildman–Crippen MR) is 68.3 cm³/mol. The second-order valence-electron chi connectivity index (χ2n) is 4.12. The van der Waals surface area contributed by atoms with Gasteiger partial charge in [0.15, 0.2) is 0 Å². The summed E-state index contributed by atoms with van der Waals surface area (Å²) in [4.78, 5) is 3.20. The van der Waals surface area contributed by atoms with Gasteiger partial charge in [-0.2, -0.15) is 0 Å². The molecule has 2 nitrogen and oxygen atoms in total. The molecule has 16 heavy (non-hydrogen) atoms. The molecule has 2 N–H and O–H groups in total. The molecule has 1 atom stereocenters. The summed E-state index contributed by atoms with van der Waals surface area (Å²) < 4.78 is 12.7. The molecule has 1 aromatic rings. The smallest absolute Gasteiger partial charge is 0.123 e. The fourth-order valence-electron chi connectivity index (χ4n) is 1.24. The van der Waals surface area contributed by atoms with E-state index in [2.05, 4.69) is 4.90 Å². The maximum Gasteiger partial charge on any atom is 0.123 e. The molecule has 1 unspecified atom stereocenters. The topological polar surface area (TPSA) is 29.3 Å². The van der Waals surface area contributed by atoms with E-state index in [-0.39, 0.29) is 11.9 Å². The Kier molecular flexibility index (Phi) is 5.80. The van der Waals surface area contributed by atoms with Gasteiger partial charge in [-0.05, 0) is 51.3 Å². The van der Waals surface area contributed by atoms with E-state index >= 15 is 0 Å². The predicted octanol–water partition coefficient (Wildman–Crippen LogP) is 2.20. The van der Waals surface area contributed by atoms with Crippen LogP contribution in [0.5, 0.6) is 0 Å². The first-order valence-electron chi connectivity index (χ1n) is 5.36. The monoisotopic (exact) mass is 242 g/mol. The van der Waals surface area contributed by atoms with Crippen LogP contribution in [0, 0.1) is 5.82 Å². The van der Waals surface area contributed by atoms with E-state index < -0.39 is 0 Å². The van der Waals surface area contributed by atoms with Crippen LogP contribution in [0.1, 0.15) is 6.42 Å². The lowest BCUT2D eigenvalue weighted by atomic mass is 10.2. The molecular formula is C12H19FN2S. The maximum atomic E-state index is 12.7. The van der Waals surface area contributed by atoms with Gasteiger partial charge in [0, 0.05) is 16.7 Å². The number of hydrogen-bond acceptors (Lipinski definition) is 3. The van der Waals surface area contributed by atoms with Gasteiger partial charge in [-0.15, -0.1) is 11.8 Å². The van der Waals surface area contributed by atoms with Gasteiger partial charge in [-0.3, -0.25) is 0 Å². The molecule has 0 heterocycles. The second kappa shape index (κ2) is 6.89. The van der Waals surface area contributed by atoms with Crippen LogP contribution < -0.4 is 5.73 Å². The van der Waals surface area contributed by atoms with Crippen molar-refractivity contribution in [1.29, 1.82) is 0 Å². The van der Waals surface area contributed by atoms with E-state index in [4.69, 9.17) is 5.73 Å². The third kappa shape index (κ3) is 5.49. The third-order valence-corrected chi connectivity index (χ3v) is 3.43. The summed E-state index contributed by atoms with van der Waals surface area (Å²) >= 11 is 1.68. The van der Waals surface area contributed by atoms with Gasteiger partial charge in [0.05, 0.1) is 0 Å². The van der Waals surface area contributed by atoms with Crippen molar-refractivity contribution in [3.63, 3.8) is 0 Å². The van der Waals surface area contributed by atoms with E-state index in [1.165, 1.54) is 12.1 Å². The van der Waals surface area contributed by atoms with E-state index in [9.17, 15) is 4.39 Å². The molecule has 0 spiro atoms. The first-order chi connectivity index (χ1) is 7.58. The van der Waals surface area contributed by atoms with E-state index in [1.54, 1.807) is 23.9 Å². The molecule has 0 fully saturated rings. The minimum Gasteiger partial charge on any atom is -0.327 e. The first kappa shape index (κ1) is 13.5. The second-order valence-corrected chi connectivity index (χ2v) is 5.21. The molecule has 90 valence electrons. The SMILES string of the molecule is CN(C)CCC(N)CSc1ccc(F)cc1. The number of rotatable bonds is 6. The van der Waals surface area contributed by atoms with Crippen LogP contribution in [-0.4, -0.2) is 37.3 Å². The zero-order valence-electron chi connectivity index (χ0n) is 9.82. The fourth-order valence-corrected chi connectivity index (χ4v) is 2.14. The number of nitrogens with zero attached hydrogens (tertiary/aromatic N) is 1. The number of benzene rings is 1. The molecule has 0 radical (unpaired) electrons. The van der Waals surface area contributed by atoms with Gasteiger partial charge < -0.3 is 10.6 Å². The van der Waals surface area contributed by atoms with Crippen LogP contribution in [0.4, 0.5) is 4.39 Å². The molecule has 0 saturated carbocycles. The van der Waals surface area contributed by atoms with E-state index in [1.807, 2.05) is 14.1 Å². The average molecular weight is 242 g/mol. The molecule has 0 aliphatic heterocycles. The summed E-state index contributed by atoms with van der Waals surface area (Å²) in [6.07, 6.45) is 0.987. The lowest BCUT2D eigenvalue weighted by Crippen LogP contribution is -2.28. The van der Waals surface area contributed by atoms with Gasteiger partial charge in [-0.1, -0.05) is 0 Å². The molecule has 0 aliphatic carbocycles. The Morgan fingerprint density at radius 2 is 1.94 bits per heavy atom. The van der Waals surface area contributed by atoms with Crippen molar-refractivity contribution in [2.45, 2.75) is 17.4 Å². The van der Waals surface area contributed by atoms with E-state index in [0.717, 1.165) is 23.6 Å². The van der Waals surface area contributed by atoms with Crippen molar-refractivity contribution < 1.29 is 4.39 Å². The molecule has 0 amide bonds. The van der Waals surface area contributed by atoms with Gasteiger partial charge >= 0.3 is 0 Å². The standard InChI is InChI=1S/C12H19FN2S/c1-15(2)8-7-11(14)9-16-12-5-3-10(13)4-6-12/h3-6,11H,7-9,14H2,1-2H3. The molecule has 1 rings (SSSR count). The van der Waals surface area contributed by atoms with Crippen molar-refractivity contribution >= 4 is 11.8 Å². The Labute approximate surface area is 101 Å². The lowest BCUT2D eigenvalue weighted by Gasteiger charge is -2.14. The summed E-state index contributed by atoms with van der Waals surface area (Å²) in [6.45, 7) is 1.01. The highest BCUT2D eigenvalue weighted by Gasteiger charge is 2.04. The van der Waals surface area contributed by atoms with Gasteiger partial charge in [0.25, 0.3) is 0 Å². The van der Waals surface area contributed by atoms with Crippen LogP contribution in [-0.2, 0) is 0 Å². The number of nitrogens with two attached hydrogens (primary N) is 1. The Hall–Kier alpha value is -0.580. The quantitative estimate of drug-likeness (QED) is 0.775. The number of hydrogen-bond donors (Lipinski definition) is 1. The Morgan fingerprint density at radius 1 is 1.31 bits per heavy atom. The molecule has 0 saturated heterocycles. The molecule has 4 heteroatoms. The van der Waals surface area contributed by atoms with Gasteiger partial charge in [0.1, 0.15) is 5.82 Å². The van der Waals surface area contributed by atoms with Crippen LogP contribution in [0.3, 0.4) is 0 Å². The van der Waals surface area contributed by atoms with E-state index in [0.29, 0.717) is 0 Å². The highest BCUT2D eigenvalue weighted by atomic mass is 32.2. The normalized spacial score (nSPS) is 13.1. The zero-order chi connectivity index (χ0) is 12.0. The van der Waals surface area contributed by atoms with Crippen molar-refractivity contribution in [2.75, 3.05) is 26.4 Å². The Bertz CT molecular complexity index is 300. The summed E-state index contributed by atoms with van der Waals surface area (Å²) in [6, 6.07) is 6.73. The molecular weight excluding hydrogens is 223 g/mol. The summed E-state index contributed by atoms with van der Waals surface area (Å²) in [5.74, 6) is 0.681. The zero-order valence-corrected chi connectivity index (χ0v) is 10.6.